The molecule has 0 aliphatic carbocycles. The van der Waals surface area contributed by atoms with Gasteiger partial charge in [-0.1, -0.05) is 6.92 Å². The molecule has 21 heavy (non-hydrogen) atoms. The summed E-state index contributed by atoms with van der Waals surface area (Å²) in [5.41, 5.74) is 1.07. The topological polar surface area (TPSA) is 30.5 Å². The summed E-state index contributed by atoms with van der Waals surface area (Å²) in [6.45, 7) is 2.17. The van der Waals surface area contributed by atoms with Gasteiger partial charge < -0.3 is 14.8 Å². The van der Waals surface area contributed by atoms with Gasteiger partial charge in [0, 0.05) is 15.3 Å². The molecule has 1 aromatic carbocycles. The number of ether oxygens (including phenoxy) is 2. The summed E-state index contributed by atoms with van der Waals surface area (Å²) in [6.07, 6.45) is 1.06. The van der Waals surface area contributed by atoms with Gasteiger partial charge in [0.2, 0.25) is 0 Å². The second kappa shape index (κ2) is 7.29. The molecule has 1 heterocycles. The molecule has 0 aliphatic rings. The Hall–Kier alpha value is -1.04. The molecule has 114 valence electrons. The van der Waals surface area contributed by atoms with Crippen LogP contribution in [0.4, 0.5) is 0 Å². The monoisotopic (exact) mass is 369 g/mol. The summed E-state index contributed by atoms with van der Waals surface area (Å²) in [4.78, 5) is 2.66. The van der Waals surface area contributed by atoms with Crippen LogP contribution in [-0.2, 0) is 6.42 Å². The van der Waals surface area contributed by atoms with Crippen molar-refractivity contribution in [3.63, 3.8) is 0 Å². The quantitative estimate of drug-likeness (QED) is 0.818. The van der Waals surface area contributed by atoms with Gasteiger partial charge in [-0.15, -0.1) is 11.3 Å². The highest BCUT2D eigenvalue weighted by Gasteiger charge is 2.20. The third kappa shape index (κ3) is 3.42. The van der Waals surface area contributed by atoms with Crippen LogP contribution in [0.15, 0.2) is 28.7 Å². The van der Waals surface area contributed by atoms with Gasteiger partial charge in [-0.25, -0.2) is 0 Å². The van der Waals surface area contributed by atoms with Crippen molar-refractivity contribution in [3.8, 4) is 11.5 Å². The summed E-state index contributed by atoms with van der Waals surface area (Å²) < 4.78 is 11.8. The molecule has 0 saturated heterocycles. The van der Waals surface area contributed by atoms with E-state index in [1.54, 1.807) is 14.2 Å². The lowest BCUT2D eigenvalue weighted by Gasteiger charge is -2.20. The van der Waals surface area contributed by atoms with E-state index < -0.39 is 0 Å². The van der Waals surface area contributed by atoms with E-state index in [9.17, 15) is 0 Å². The van der Waals surface area contributed by atoms with Gasteiger partial charge in [0.25, 0.3) is 0 Å². The molecule has 1 unspecified atom stereocenters. The Morgan fingerprint density at radius 1 is 1.19 bits per heavy atom. The lowest BCUT2D eigenvalue weighted by molar-refractivity contribution is 0.393. The molecule has 1 atom stereocenters. The molecule has 0 spiro atoms. The minimum atomic E-state index is 0.0900. The number of hydrogen-bond acceptors (Lipinski definition) is 4. The van der Waals surface area contributed by atoms with Crippen molar-refractivity contribution in [3.05, 3.63) is 44.1 Å². The third-order valence-electron chi connectivity index (χ3n) is 3.42. The second-order valence-electron chi connectivity index (χ2n) is 4.61. The van der Waals surface area contributed by atoms with Gasteiger partial charge in [-0.05, 0) is 53.7 Å². The summed E-state index contributed by atoms with van der Waals surface area (Å²) in [6, 6.07) is 8.43. The number of hydrogen-bond donors (Lipinski definition) is 1. The minimum absolute atomic E-state index is 0.0900. The van der Waals surface area contributed by atoms with Gasteiger partial charge in [0.15, 0.2) is 0 Å². The number of aryl methyl sites for hydroxylation is 1. The van der Waals surface area contributed by atoms with E-state index in [0.29, 0.717) is 0 Å². The Labute approximate surface area is 138 Å². The van der Waals surface area contributed by atoms with Gasteiger partial charge in [0.1, 0.15) is 11.5 Å². The van der Waals surface area contributed by atoms with E-state index in [4.69, 9.17) is 9.47 Å². The third-order valence-corrected chi connectivity index (χ3v) is 5.33. The normalized spacial score (nSPS) is 12.2. The first kappa shape index (κ1) is 16.3. The molecule has 0 radical (unpaired) electrons. The molecule has 0 aliphatic heterocycles. The van der Waals surface area contributed by atoms with Crippen LogP contribution in [0.1, 0.15) is 28.3 Å². The average molecular weight is 370 g/mol. The van der Waals surface area contributed by atoms with E-state index in [1.165, 1.54) is 9.75 Å². The number of methoxy groups -OCH3 is 2. The predicted octanol–water partition coefficient (Wildman–Crippen LogP) is 4.40. The van der Waals surface area contributed by atoms with Crippen molar-refractivity contribution < 1.29 is 9.47 Å². The van der Waals surface area contributed by atoms with Crippen molar-refractivity contribution in [2.24, 2.45) is 0 Å². The number of thiophene rings is 1. The second-order valence-corrected chi connectivity index (χ2v) is 6.66. The SMILES string of the molecule is CCc1ccc(C(NC)c2cc(OC)c(Br)cc2OC)s1. The first-order valence-electron chi connectivity index (χ1n) is 6.81. The highest BCUT2D eigenvalue weighted by molar-refractivity contribution is 9.10. The number of nitrogens with one attached hydrogen (secondary N) is 1. The molecule has 0 amide bonds. The van der Waals surface area contributed by atoms with Gasteiger partial charge >= 0.3 is 0 Å². The standard InChI is InChI=1S/C16H20BrNO2S/c1-5-10-6-7-15(21-10)16(18-2)11-8-14(20-4)12(17)9-13(11)19-3/h6-9,16,18H,5H2,1-4H3. The molecule has 3 nitrogen and oxygen atoms in total. The van der Waals surface area contributed by atoms with E-state index in [1.807, 2.05) is 30.5 Å². The summed E-state index contributed by atoms with van der Waals surface area (Å²) >= 11 is 5.33. The fourth-order valence-electron chi connectivity index (χ4n) is 2.30. The van der Waals surface area contributed by atoms with Crippen LogP contribution in [0.25, 0.3) is 0 Å². The Balaban J connectivity index is 2.50. The smallest absolute Gasteiger partial charge is 0.133 e. The Bertz CT molecular complexity index is 612. The fraction of sp³-hybridized carbons (Fsp3) is 0.375. The Morgan fingerprint density at radius 2 is 1.90 bits per heavy atom. The Kier molecular flexibility index (Phi) is 5.67. The first-order valence-corrected chi connectivity index (χ1v) is 8.42. The predicted molar refractivity (Wildman–Crippen MR) is 91.8 cm³/mol. The highest BCUT2D eigenvalue weighted by atomic mass is 79.9. The van der Waals surface area contributed by atoms with E-state index in [2.05, 4.69) is 40.3 Å². The molecule has 0 fully saturated rings. The molecule has 1 N–H and O–H groups in total. The summed E-state index contributed by atoms with van der Waals surface area (Å²) in [5, 5.41) is 3.38. The van der Waals surface area contributed by atoms with Crippen molar-refractivity contribution in [1.29, 1.82) is 0 Å². The van der Waals surface area contributed by atoms with E-state index >= 15 is 0 Å². The zero-order chi connectivity index (χ0) is 15.4. The van der Waals surface area contributed by atoms with Crippen molar-refractivity contribution in [1.82, 2.24) is 5.32 Å². The number of halogens is 1. The Morgan fingerprint density at radius 3 is 2.43 bits per heavy atom. The largest absolute Gasteiger partial charge is 0.496 e. The maximum absolute atomic E-state index is 5.54. The van der Waals surface area contributed by atoms with Crippen LogP contribution in [0.3, 0.4) is 0 Å². The molecule has 5 heteroatoms. The number of rotatable bonds is 6. The highest BCUT2D eigenvalue weighted by Crippen LogP contribution is 2.39. The van der Waals surface area contributed by atoms with Crippen LogP contribution in [-0.4, -0.2) is 21.3 Å². The average Bonchev–Trinajstić information content (AvgIpc) is 2.97. The maximum atomic E-state index is 5.54. The first-order chi connectivity index (χ1) is 10.1. The number of benzene rings is 1. The molecule has 0 bridgehead atoms. The molecule has 2 aromatic rings. The van der Waals surface area contributed by atoms with Crippen LogP contribution < -0.4 is 14.8 Å². The zero-order valence-electron chi connectivity index (χ0n) is 12.7. The van der Waals surface area contributed by atoms with Crippen molar-refractivity contribution in [2.45, 2.75) is 19.4 Å². The lowest BCUT2D eigenvalue weighted by Crippen LogP contribution is -2.17. The van der Waals surface area contributed by atoms with E-state index in [-0.39, 0.29) is 6.04 Å². The van der Waals surface area contributed by atoms with Crippen LogP contribution in [0, 0.1) is 0 Å². The van der Waals surface area contributed by atoms with Gasteiger partial charge in [-0.3, -0.25) is 0 Å². The van der Waals surface area contributed by atoms with Crippen LogP contribution in [0.2, 0.25) is 0 Å². The van der Waals surface area contributed by atoms with E-state index in [0.717, 1.165) is 28.0 Å². The molecule has 0 saturated carbocycles. The van der Waals surface area contributed by atoms with Crippen molar-refractivity contribution in [2.75, 3.05) is 21.3 Å². The van der Waals surface area contributed by atoms with Gasteiger partial charge in [0.05, 0.1) is 24.7 Å². The molecular weight excluding hydrogens is 350 g/mol. The zero-order valence-corrected chi connectivity index (χ0v) is 15.1. The molecular formula is C16H20BrNO2S. The minimum Gasteiger partial charge on any atom is -0.496 e. The lowest BCUT2D eigenvalue weighted by atomic mass is 10.0. The molecule has 1 aromatic heterocycles. The van der Waals surface area contributed by atoms with Crippen LogP contribution >= 0.6 is 27.3 Å². The maximum Gasteiger partial charge on any atom is 0.133 e. The molecule has 2 rings (SSSR count). The summed E-state index contributed by atoms with van der Waals surface area (Å²) in [5.74, 6) is 1.65. The van der Waals surface area contributed by atoms with Crippen molar-refractivity contribution >= 4 is 27.3 Å². The summed E-state index contributed by atoms with van der Waals surface area (Å²) in [7, 11) is 5.32. The fourth-order valence-corrected chi connectivity index (χ4v) is 3.87. The van der Waals surface area contributed by atoms with Crippen LogP contribution in [0.5, 0.6) is 11.5 Å². The van der Waals surface area contributed by atoms with Gasteiger partial charge in [-0.2, -0.15) is 0 Å².